The van der Waals surface area contributed by atoms with Crippen LogP contribution in [0.4, 0.5) is 4.39 Å². The highest BCUT2D eigenvalue weighted by Gasteiger charge is 2.27. The summed E-state index contributed by atoms with van der Waals surface area (Å²) in [7, 11) is -4.19. The van der Waals surface area contributed by atoms with Crippen molar-refractivity contribution >= 4 is 38.7 Å². The molecule has 1 amide bonds. The third kappa shape index (κ3) is 5.37. The fourth-order valence-corrected chi connectivity index (χ4v) is 4.59. The summed E-state index contributed by atoms with van der Waals surface area (Å²) in [5.74, 6) is -0.256. The van der Waals surface area contributed by atoms with Crippen LogP contribution in [0.3, 0.4) is 0 Å². The van der Waals surface area contributed by atoms with Crippen molar-refractivity contribution in [2.45, 2.75) is 23.9 Å². The molecule has 0 radical (unpaired) electrons. The van der Waals surface area contributed by atoms with E-state index in [4.69, 9.17) is 4.42 Å². The molecule has 0 spiro atoms. The van der Waals surface area contributed by atoms with Crippen LogP contribution in [-0.2, 0) is 21.4 Å². The van der Waals surface area contributed by atoms with E-state index in [1.807, 2.05) is 36.6 Å². The molecule has 2 aromatic carbocycles. The summed E-state index contributed by atoms with van der Waals surface area (Å²) in [6, 6.07) is 13.3. The minimum Gasteiger partial charge on any atom is -0.459 e. The van der Waals surface area contributed by atoms with E-state index < -0.39 is 32.7 Å². The average Bonchev–Trinajstić information content (AvgIpc) is 3.12. The Kier molecular flexibility index (Phi) is 6.94. The van der Waals surface area contributed by atoms with E-state index in [2.05, 4.69) is 10.0 Å². The third-order valence-corrected chi connectivity index (χ3v) is 6.41. The van der Waals surface area contributed by atoms with Crippen LogP contribution in [0.2, 0.25) is 0 Å². The summed E-state index contributed by atoms with van der Waals surface area (Å²) in [6.45, 7) is 0.116. The molecule has 9 heteroatoms. The molecular formula is C20H21FN2O4S2. The van der Waals surface area contributed by atoms with Gasteiger partial charge in [-0.25, -0.2) is 12.8 Å². The number of carbonyl (C=O) groups excluding carboxylic acids is 1. The molecule has 29 heavy (non-hydrogen) atoms. The molecule has 154 valence electrons. The predicted octanol–water partition coefficient (Wildman–Crippen LogP) is 3.29. The van der Waals surface area contributed by atoms with Crippen LogP contribution in [-0.4, -0.2) is 32.4 Å². The number of carbonyl (C=O) groups is 1. The molecule has 1 unspecified atom stereocenters. The fraction of sp³-hybridized carbons (Fsp3) is 0.250. The van der Waals surface area contributed by atoms with Crippen molar-refractivity contribution in [2.75, 3.05) is 12.0 Å². The van der Waals surface area contributed by atoms with E-state index >= 15 is 0 Å². The lowest BCUT2D eigenvalue weighted by Gasteiger charge is -2.18. The molecule has 3 aromatic rings. The molecular weight excluding hydrogens is 415 g/mol. The SMILES string of the molecule is CSCCC(NS(=O)(=O)c1ccccc1F)C(=O)NCc1cc2ccccc2o1. The van der Waals surface area contributed by atoms with Gasteiger partial charge in [0.15, 0.2) is 0 Å². The van der Waals surface area contributed by atoms with Crippen LogP contribution in [0.15, 0.2) is 63.9 Å². The van der Waals surface area contributed by atoms with Crippen LogP contribution in [0.1, 0.15) is 12.2 Å². The summed E-state index contributed by atoms with van der Waals surface area (Å²) in [5, 5.41) is 3.61. The first-order valence-electron chi connectivity index (χ1n) is 8.91. The fourth-order valence-electron chi connectivity index (χ4n) is 2.81. The van der Waals surface area contributed by atoms with Crippen LogP contribution in [0.25, 0.3) is 11.0 Å². The van der Waals surface area contributed by atoms with Crippen LogP contribution >= 0.6 is 11.8 Å². The van der Waals surface area contributed by atoms with Gasteiger partial charge >= 0.3 is 0 Å². The Labute approximate surface area is 172 Å². The summed E-state index contributed by atoms with van der Waals surface area (Å²) in [5.41, 5.74) is 0.705. The van der Waals surface area contributed by atoms with Gasteiger partial charge in [-0.1, -0.05) is 30.3 Å². The predicted molar refractivity (Wildman–Crippen MR) is 112 cm³/mol. The summed E-state index contributed by atoms with van der Waals surface area (Å²) < 4.78 is 47.0. The van der Waals surface area contributed by atoms with Gasteiger partial charge in [0.2, 0.25) is 15.9 Å². The molecule has 0 aliphatic carbocycles. The van der Waals surface area contributed by atoms with E-state index in [0.29, 0.717) is 17.1 Å². The van der Waals surface area contributed by atoms with Crippen LogP contribution in [0.5, 0.6) is 0 Å². The minimum absolute atomic E-state index is 0.116. The van der Waals surface area contributed by atoms with Crippen molar-refractivity contribution < 1.29 is 22.0 Å². The number of hydrogen-bond donors (Lipinski definition) is 2. The molecule has 0 saturated carbocycles. The van der Waals surface area contributed by atoms with E-state index in [-0.39, 0.29) is 13.0 Å². The van der Waals surface area contributed by atoms with Crippen molar-refractivity contribution in [3.63, 3.8) is 0 Å². The number of sulfonamides is 1. The lowest BCUT2D eigenvalue weighted by Crippen LogP contribution is -2.46. The number of halogens is 1. The van der Waals surface area contributed by atoms with Gasteiger partial charge < -0.3 is 9.73 Å². The van der Waals surface area contributed by atoms with Crippen molar-refractivity contribution in [3.8, 4) is 0 Å². The van der Waals surface area contributed by atoms with Crippen molar-refractivity contribution in [2.24, 2.45) is 0 Å². The maximum atomic E-state index is 13.9. The van der Waals surface area contributed by atoms with Gasteiger partial charge in [-0.2, -0.15) is 16.5 Å². The Bertz CT molecular complexity index is 1070. The number of nitrogens with one attached hydrogen (secondary N) is 2. The second-order valence-corrected chi connectivity index (χ2v) is 9.02. The highest BCUT2D eigenvalue weighted by molar-refractivity contribution is 7.98. The molecule has 6 nitrogen and oxygen atoms in total. The first kappa shape index (κ1) is 21.4. The Morgan fingerprint density at radius 1 is 1.17 bits per heavy atom. The Balaban J connectivity index is 1.71. The average molecular weight is 437 g/mol. The zero-order valence-electron chi connectivity index (χ0n) is 15.7. The second-order valence-electron chi connectivity index (χ2n) is 6.35. The van der Waals surface area contributed by atoms with Gasteiger partial charge in [-0.3, -0.25) is 4.79 Å². The van der Waals surface area contributed by atoms with Crippen molar-refractivity contribution in [1.29, 1.82) is 0 Å². The highest BCUT2D eigenvalue weighted by atomic mass is 32.2. The van der Waals surface area contributed by atoms with Crippen LogP contribution < -0.4 is 10.0 Å². The van der Waals surface area contributed by atoms with Crippen molar-refractivity contribution in [1.82, 2.24) is 10.0 Å². The number of amides is 1. The Morgan fingerprint density at radius 3 is 2.62 bits per heavy atom. The van der Waals surface area contributed by atoms with Gasteiger partial charge in [-0.05, 0) is 42.7 Å². The molecule has 0 fully saturated rings. The van der Waals surface area contributed by atoms with Crippen molar-refractivity contribution in [3.05, 3.63) is 66.2 Å². The van der Waals surface area contributed by atoms with E-state index in [1.165, 1.54) is 23.9 Å². The minimum atomic E-state index is -4.19. The summed E-state index contributed by atoms with van der Waals surface area (Å²) in [4.78, 5) is 12.2. The third-order valence-electron chi connectivity index (χ3n) is 4.26. The Morgan fingerprint density at radius 2 is 1.90 bits per heavy atom. The lowest BCUT2D eigenvalue weighted by atomic mass is 10.2. The molecule has 1 aromatic heterocycles. The number of benzene rings is 2. The second kappa shape index (κ2) is 9.43. The van der Waals surface area contributed by atoms with E-state index in [1.54, 1.807) is 0 Å². The summed E-state index contributed by atoms with van der Waals surface area (Å²) in [6.07, 6.45) is 2.12. The summed E-state index contributed by atoms with van der Waals surface area (Å²) >= 11 is 1.48. The Hall–Kier alpha value is -2.36. The zero-order valence-corrected chi connectivity index (χ0v) is 17.4. The lowest BCUT2D eigenvalue weighted by molar-refractivity contribution is -0.123. The molecule has 0 aliphatic rings. The van der Waals surface area contributed by atoms with E-state index in [0.717, 1.165) is 17.5 Å². The monoisotopic (exact) mass is 436 g/mol. The smallest absolute Gasteiger partial charge is 0.244 e. The molecule has 0 saturated heterocycles. The number of furan rings is 1. The maximum Gasteiger partial charge on any atom is 0.244 e. The highest BCUT2D eigenvalue weighted by Crippen LogP contribution is 2.19. The number of hydrogen-bond acceptors (Lipinski definition) is 5. The quantitative estimate of drug-likeness (QED) is 0.537. The molecule has 0 aliphatic heterocycles. The number of rotatable bonds is 9. The largest absolute Gasteiger partial charge is 0.459 e. The molecule has 0 bridgehead atoms. The maximum absolute atomic E-state index is 13.9. The molecule has 2 N–H and O–H groups in total. The molecule has 1 atom stereocenters. The number of thioether (sulfide) groups is 1. The normalized spacial score (nSPS) is 12.8. The standard InChI is InChI=1S/C20H21FN2O4S2/c1-28-11-10-17(23-29(25,26)19-9-5-3-7-16(19)21)20(24)22-13-15-12-14-6-2-4-8-18(14)27-15/h2-9,12,17,23H,10-11,13H2,1H3,(H,22,24). The van der Waals surface area contributed by atoms with E-state index in [9.17, 15) is 17.6 Å². The zero-order chi connectivity index (χ0) is 20.9. The number of para-hydroxylation sites is 1. The number of fused-ring (bicyclic) bond motifs is 1. The first-order valence-corrected chi connectivity index (χ1v) is 11.8. The van der Waals surface area contributed by atoms with Gasteiger partial charge in [-0.15, -0.1) is 0 Å². The van der Waals surface area contributed by atoms with Gasteiger partial charge in [0.25, 0.3) is 0 Å². The topological polar surface area (TPSA) is 88.4 Å². The van der Waals surface area contributed by atoms with Gasteiger partial charge in [0.05, 0.1) is 6.54 Å². The van der Waals surface area contributed by atoms with Gasteiger partial charge in [0, 0.05) is 5.39 Å². The van der Waals surface area contributed by atoms with Crippen LogP contribution in [0, 0.1) is 5.82 Å². The molecule has 3 rings (SSSR count). The first-order chi connectivity index (χ1) is 13.9. The van der Waals surface area contributed by atoms with Gasteiger partial charge in [0.1, 0.15) is 28.1 Å². The molecule has 1 heterocycles.